The quantitative estimate of drug-likeness (QED) is 0.613. The smallest absolute Gasteiger partial charge is 0.311 e. The third-order valence-electron chi connectivity index (χ3n) is 1.78. The second-order valence-corrected chi connectivity index (χ2v) is 3.64. The second-order valence-electron chi connectivity index (χ2n) is 3.64. The van der Waals surface area contributed by atoms with Gasteiger partial charge in [-0.1, -0.05) is 0 Å². The molecule has 0 fully saturated rings. The maximum Gasteiger partial charge on any atom is 0.311 e. The van der Waals surface area contributed by atoms with Crippen molar-refractivity contribution in [3.63, 3.8) is 0 Å². The van der Waals surface area contributed by atoms with Gasteiger partial charge in [0.2, 0.25) is 0 Å². The van der Waals surface area contributed by atoms with Crippen LogP contribution < -0.4 is 0 Å². The Hall–Kier alpha value is -0.610. The van der Waals surface area contributed by atoms with Gasteiger partial charge in [0.05, 0.1) is 24.7 Å². The Morgan fingerprint density at radius 3 is 2.46 bits per heavy atom. The molecule has 0 saturated carbocycles. The van der Waals surface area contributed by atoms with Crippen LogP contribution in [0.4, 0.5) is 0 Å². The summed E-state index contributed by atoms with van der Waals surface area (Å²) in [6, 6.07) is 0. The van der Waals surface area contributed by atoms with E-state index in [1.54, 1.807) is 20.8 Å². The van der Waals surface area contributed by atoms with Crippen molar-refractivity contribution < 1.29 is 19.7 Å². The highest BCUT2D eigenvalue weighted by Crippen LogP contribution is 2.24. The van der Waals surface area contributed by atoms with E-state index in [-0.39, 0.29) is 19.0 Å². The molecule has 0 saturated heterocycles. The number of esters is 1. The van der Waals surface area contributed by atoms with Crippen LogP contribution in [-0.4, -0.2) is 35.5 Å². The van der Waals surface area contributed by atoms with Crippen molar-refractivity contribution in [1.82, 2.24) is 0 Å². The van der Waals surface area contributed by atoms with Gasteiger partial charge in [-0.2, -0.15) is 0 Å². The van der Waals surface area contributed by atoms with E-state index < -0.39 is 11.5 Å². The van der Waals surface area contributed by atoms with Gasteiger partial charge >= 0.3 is 5.97 Å². The average Bonchev–Trinajstić information content (AvgIpc) is 2.04. The first-order valence-corrected chi connectivity index (χ1v) is 4.40. The van der Waals surface area contributed by atoms with E-state index in [0.29, 0.717) is 6.61 Å². The molecule has 4 heteroatoms. The summed E-state index contributed by atoms with van der Waals surface area (Å²) in [5.41, 5.74) is -0.738. The Kier molecular flexibility index (Phi) is 4.95. The van der Waals surface area contributed by atoms with Crippen molar-refractivity contribution in [3.8, 4) is 0 Å². The molecule has 0 aliphatic rings. The van der Waals surface area contributed by atoms with Gasteiger partial charge < -0.3 is 14.9 Å². The summed E-state index contributed by atoms with van der Waals surface area (Å²) >= 11 is 0. The lowest BCUT2D eigenvalue weighted by atomic mass is 9.87. The summed E-state index contributed by atoms with van der Waals surface area (Å²) in [6.07, 6.45) is -0.651. The number of hydrogen-bond donors (Lipinski definition) is 2. The van der Waals surface area contributed by atoms with Crippen LogP contribution in [-0.2, 0) is 9.53 Å². The molecule has 78 valence electrons. The fraction of sp³-hybridized carbons (Fsp3) is 0.889. The van der Waals surface area contributed by atoms with Crippen LogP contribution in [0.1, 0.15) is 27.2 Å². The van der Waals surface area contributed by atoms with E-state index in [1.807, 2.05) is 0 Å². The second kappa shape index (κ2) is 5.19. The molecule has 0 spiro atoms. The monoisotopic (exact) mass is 190 g/mol. The summed E-state index contributed by atoms with van der Waals surface area (Å²) < 4.78 is 4.82. The summed E-state index contributed by atoms with van der Waals surface area (Å²) in [4.78, 5) is 11.3. The van der Waals surface area contributed by atoms with Gasteiger partial charge in [0.15, 0.2) is 0 Å². The zero-order chi connectivity index (χ0) is 10.5. The fourth-order valence-corrected chi connectivity index (χ4v) is 1.06. The largest absolute Gasteiger partial charge is 0.466 e. The fourth-order valence-electron chi connectivity index (χ4n) is 1.06. The Balaban J connectivity index is 4.13. The van der Waals surface area contributed by atoms with E-state index in [0.717, 1.165) is 0 Å². The van der Waals surface area contributed by atoms with E-state index >= 15 is 0 Å². The van der Waals surface area contributed by atoms with Crippen LogP contribution in [0.15, 0.2) is 0 Å². The first-order valence-electron chi connectivity index (χ1n) is 4.40. The Morgan fingerprint density at radius 1 is 1.54 bits per heavy atom. The molecule has 0 aromatic carbocycles. The molecule has 4 nitrogen and oxygen atoms in total. The van der Waals surface area contributed by atoms with Crippen LogP contribution in [0.3, 0.4) is 0 Å². The standard InChI is InChI=1S/C9H18O4/c1-4-13-8(12)9(2,3)5-7(11)6-10/h7,10-11H,4-6H2,1-3H3. The first-order chi connectivity index (χ1) is 5.94. The topological polar surface area (TPSA) is 66.8 Å². The molecule has 0 heterocycles. The van der Waals surface area contributed by atoms with Crippen LogP contribution in [0.25, 0.3) is 0 Å². The third-order valence-corrected chi connectivity index (χ3v) is 1.78. The van der Waals surface area contributed by atoms with E-state index in [1.165, 1.54) is 0 Å². The summed E-state index contributed by atoms with van der Waals surface area (Å²) in [7, 11) is 0. The average molecular weight is 190 g/mol. The van der Waals surface area contributed by atoms with Crippen LogP contribution in [0, 0.1) is 5.41 Å². The Labute approximate surface area is 78.5 Å². The molecular formula is C9H18O4. The Bertz CT molecular complexity index is 165. The van der Waals surface area contributed by atoms with Crippen LogP contribution in [0.2, 0.25) is 0 Å². The lowest BCUT2D eigenvalue weighted by molar-refractivity contribution is -0.155. The third kappa shape index (κ3) is 4.24. The lowest BCUT2D eigenvalue weighted by Crippen LogP contribution is -2.32. The van der Waals surface area contributed by atoms with Crippen molar-refractivity contribution in [2.45, 2.75) is 33.3 Å². The summed E-state index contributed by atoms with van der Waals surface area (Å²) in [5, 5.41) is 17.8. The summed E-state index contributed by atoms with van der Waals surface area (Å²) in [6.45, 7) is 5.10. The maximum absolute atomic E-state index is 11.3. The Morgan fingerprint density at radius 2 is 2.08 bits per heavy atom. The zero-order valence-electron chi connectivity index (χ0n) is 8.41. The number of carbonyl (C=O) groups excluding carboxylic acids is 1. The van der Waals surface area contributed by atoms with Crippen molar-refractivity contribution >= 4 is 5.97 Å². The van der Waals surface area contributed by atoms with E-state index in [2.05, 4.69) is 0 Å². The molecule has 0 amide bonds. The molecule has 1 unspecified atom stereocenters. The summed E-state index contributed by atoms with van der Waals surface area (Å²) in [5.74, 6) is -0.345. The molecule has 1 atom stereocenters. The molecule has 0 bridgehead atoms. The van der Waals surface area contributed by atoms with Crippen LogP contribution >= 0.6 is 0 Å². The minimum absolute atomic E-state index is 0.211. The highest BCUT2D eigenvalue weighted by molar-refractivity contribution is 5.75. The molecule has 0 radical (unpaired) electrons. The van der Waals surface area contributed by atoms with Crippen LogP contribution in [0.5, 0.6) is 0 Å². The molecule has 0 rings (SSSR count). The zero-order valence-corrected chi connectivity index (χ0v) is 8.41. The van der Waals surface area contributed by atoms with Gasteiger partial charge in [0.25, 0.3) is 0 Å². The lowest BCUT2D eigenvalue weighted by Gasteiger charge is -2.24. The first kappa shape index (κ1) is 12.4. The molecule has 0 aromatic rings. The number of hydrogen-bond acceptors (Lipinski definition) is 4. The highest BCUT2D eigenvalue weighted by Gasteiger charge is 2.31. The number of aliphatic hydroxyl groups excluding tert-OH is 2. The number of ether oxygens (including phenoxy) is 1. The van der Waals surface area contributed by atoms with Crippen molar-refractivity contribution in [2.75, 3.05) is 13.2 Å². The van der Waals surface area contributed by atoms with Crippen molar-refractivity contribution in [1.29, 1.82) is 0 Å². The normalized spacial score (nSPS) is 13.9. The van der Waals surface area contributed by atoms with E-state index in [9.17, 15) is 4.79 Å². The molecule has 0 aliphatic carbocycles. The van der Waals surface area contributed by atoms with Gasteiger partial charge in [-0.3, -0.25) is 4.79 Å². The number of carbonyl (C=O) groups is 1. The van der Waals surface area contributed by atoms with E-state index in [4.69, 9.17) is 14.9 Å². The van der Waals surface area contributed by atoms with Gasteiger partial charge in [-0.15, -0.1) is 0 Å². The minimum atomic E-state index is -0.862. The maximum atomic E-state index is 11.3. The molecule has 0 aliphatic heterocycles. The van der Waals surface area contributed by atoms with Gasteiger partial charge in [0.1, 0.15) is 0 Å². The van der Waals surface area contributed by atoms with Crippen molar-refractivity contribution in [3.05, 3.63) is 0 Å². The number of rotatable bonds is 5. The number of aliphatic hydroxyl groups is 2. The SMILES string of the molecule is CCOC(=O)C(C)(C)CC(O)CO. The molecular weight excluding hydrogens is 172 g/mol. The molecule has 2 N–H and O–H groups in total. The molecule has 0 aromatic heterocycles. The highest BCUT2D eigenvalue weighted by atomic mass is 16.5. The predicted molar refractivity (Wildman–Crippen MR) is 48.1 cm³/mol. The predicted octanol–water partition coefficient (Wildman–Crippen LogP) is 0.319. The van der Waals surface area contributed by atoms with Gasteiger partial charge in [-0.25, -0.2) is 0 Å². The van der Waals surface area contributed by atoms with Gasteiger partial charge in [-0.05, 0) is 27.2 Å². The van der Waals surface area contributed by atoms with Crippen molar-refractivity contribution in [2.24, 2.45) is 5.41 Å². The van der Waals surface area contributed by atoms with Gasteiger partial charge in [0, 0.05) is 0 Å². The molecule has 13 heavy (non-hydrogen) atoms. The minimum Gasteiger partial charge on any atom is -0.466 e.